The van der Waals surface area contributed by atoms with Gasteiger partial charge >= 0.3 is 0 Å². The first-order chi connectivity index (χ1) is 5.92. The zero-order chi connectivity index (χ0) is 10.1. The van der Waals surface area contributed by atoms with E-state index >= 15 is 0 Å². The van der Waals surface area contributed by atoms with Crippen LogP contribution in [-0.4, -0.2) is 11.4 Å². The molecule has 4 N–H and O–H groups in total. The number of nitrogens with two attached hydrogens (primary N) is 2. The summed E-state index contributed by atoms with van der Waals surface area (Å²) in [5, 5.41) is 0. The highest BCUT2D eigenvalue weighted by molar-refractivity contribution is 5.76. The van der Waals surface area contributed by atoms with Crippen molar-refractivity contribution in [1.82, 2.24) is 0 Å². The topological polar surface area (TPSA) is 69.1 Å². The lowest BCUT2D eigenvalue weighted by molar-refractivity contribution is -0.123. The Kier molecular flexibility index (Phi) is 2.96. The number of amides is 1. The third-order valence-electron chi connectivity index (χ3n) is 3.10. The molecule has 76 valence electrons. The van der Waals surface area contributed by atoms with Crippen molar-refractivity contribution in [2.45, 2.75) is 45.1 Å². The molecule has 1 aliphatic carbocycles. The van der Waals surface area contributed by atoms with Crippen molar-refractivity contribution < 1.29 is 4.79 Å². The number of hydrogen-bond acceptors (Lipinski definition) is 2. The van der Waals surface area contributed by atoms with Crippen LogP contribution in [0.25, 0.3) is 0 Å². The fourth-order valence-electron chi connectivity index (χ4n) is 2.41. The molecule has 0 saturated heterocycles. The third kappa shape index (κ3) is 2.69. The minimum Gasteiger partial charge on any atom is -0.369 e. The molecule has 0 aliphatic heterocycles. The van der Waals surface area contributed by atoms with Crippen LogP contribution in [0.1, 0.15) is 39.5 Å². The van der Waals surface area contributed by atoms with Crippen LogP contribution in [0.3, 0.4) is 0 Å². The SMILES string of the molecule is CC1CC(C)(N)CCCC1C(N)=O. The molecule has 3 atom stereocenters. The van der Waals surface area contributed by atoms with Crippen molar-refractivity contribution in [3.63, 3.8) is 0 Å². The summed E-state index contributed by atoms with van der Waals surface area (Å²) in [6.07, 6.45) is 3.83. The van der Waals surface area contributed by atoms with Crippen LogP contribution in [0.4, 0.5) is 0 Å². The van der Waals surface area contributed by atoms with E-state index < -0.39 is 0 Å². The summed E-state index contributed by atoms with van der Waals surface area (Å²) in [7, 11) is 0. The average molecular weight is 184 g/mol. The van der Waals surface area contributed by atoms with E-state index in [4.69, 9.17) is 11.5 Å². The second-order valence-electron chi connectivity index (χ2n) is 4.74. The molecule has 0 heterocycles. The van der Waals surface area contributed by atoms with Gasteiger partial charge in [-0.15, -0.1) is 0 Å². The minimum atomic E-state index is -0.162. The maximum atomic E-state index is 11.1. The zero-order valence-electron chi connectivity index (χ0n) is 8.55. The van der Waals surface area contributed by atoms with Gasteiger partial charge in [-0.2, -0.15) is 0 Å². The molecular formula is C10H20N2O. The Bertz CT molecular complexity index is 201. The number of hydrogen-bond donors (Lipinski definition) is 2. The summed E-state index contributed by atoms with van der Waals surface area (Å²) in [5.74, 6) is 0.200. The van der Waals surface area contributed by atoms with Crippen molar-refractivity contribution in [1.29, 1.82) is 0 Å². The summed E-state index contributed by atoms with van der Waals surface area (Å²) in [4.78, 5) is 11.1. The first-order valence-electron chi connectivity index (χ1n) is 5.00. The number of rotatable bonds is 1. The molecule has 1 aliphatic rings. The second-order valence-corrected chi connectivity index (χ2v) is 4.74. The molecule has 3 nitrogen and oxygen atoms in total. The van der Waals surface area contributed by atoms with Crippen LogP contribution in [0.15, 0.2) is 0 Å². The molecule has 1 amide bonds. The van der Waals surface area contributed by atoms with Crippen LogP contribution < -0.4 is 11.5 Å². The summed E-state index contributed by atoms with van der Waals surface area (Å²) in [5.41, 5.74) is 11.3. The van der Waals surface area contributed by atoms with E-state index in [0.29, 0.717) is 5.92 Å². The lowest BCUT2D eigenvalue weighted by Crippen LogP contribution is -2.38. The quantitative estimate of drug-likeness (QED) is 0.597. The summed E-state index contributed by atoms with van der Waals surface area (Å²) >= 11 is 0. The zero-order valence-corrected chi connectivity index (χ0v) is 8.55. The van der Waals surface area contributed by atoms with Gasteiger partial charge in [-0.25, -0.2) is 0 Å². The Morgan fingerprint density at radius 1 is 1.54 bits per heavy atom. The Labute approximate surface area is 79.9 Å². The molecule has 3 unspecified atom stereocenters. The molecule has 0 aromatic rings. The maximum Gasteiger partial charge on any atom is 0.220 e. The molecule has 13 heavy (non-hydrogen) atoms. The van der Waals surface area contributed by atoms with Crippen molar-refractivity contribution in [3.8, 4) is 0 Å². The van der Waals surface area contributed by atoms with E-state index in [1.54, 1.807) is 0 Å². The van der Waals surface area contributed by atoms with Crippen LogP contribution in [0.5, 0.6) is 0 Å². The summed E-state index contributed by atoms with van der Waals surface area (Å²) in [6.45, 7) is 4.14. The normalized spacial score (nSPS) is 41.2. The molecule has 1 rings (SSSR count). The van der Waals surface area contributed by atoms with E-state index in [1.165, 1.54) is 0 Å². The lowest BCUT2D eigenvalue weighted by atomic mass is 9.84. The molecular weight excluding hydrogens is 164 g/mol. The van der Waals surface area contributed by atoms with Crippen LogP contribution in [-0.2, 0) is 4.79 Å². The Morgan fingerprint density at radius 2 is 2.15 bits per heavy atom. The molecule has 1 fully saturated rings. The van der Waals surface area contributed by atoms with E-state index in [1.807, 2.05) is 0 Å². The molecule has 3 heteroatoms. The van der Waals surface area contributed by atoms with Crippen LogP contribution in [0.2, 0.25) is 0 Å². The van der Waals surface area contributed by atoms with Crippen LogP contribution >= 0.6 is 0 Å². The standard InChI is InChI=1S/C10H20N2O/c1-7-6-10(2,12)5-3-4-8(7)9(11)13/h7-8H,3-6,12H2,1-2H3,(H2,11,13). The molecule has 0 spiro atoms. The van der Waals surface area contributed by atoms with Gasteiger partial charge in [-0.1, -0.05) is 13.3 Å². The van der Waals surface area contributed by atoms with E-state index in [0.717, 1.165) is 25.7 Å². The highest BCUT2D eigenvalue weighted by Crippen LogP contribution is 2.32. The average Bonchev–Trinajstić information content (AvgIpc) is 2.06. The maximum absolute atomic E-state index is 11.1. The predicted molar refractivity (Wildman–Crippen MR) is 52.9 cm³/mol. The molecule has 0 aromatic heterocycles. The van der Waals surface area contributed by atoms with Crippen molar-refractivity contribution in [3.05, 3.63) is 0 Å². The fourth-order valence-corrected chi connectivity index (χ4v) is 2.41. The van der Waals surface area contributed by atoms with Gasteiger partial charge in [0.15, 0.2) is 0 Å². The van der Waals surface area contributed by atoms with E-state index in [9.17, 15) is 4.79 Å². The van der Waals surface area contributed by atoms with Gasteiger partial charge in [0.2, 0.25) is 5.91 Å². The van der Waals surface area contributed by atoms with Crippen molar-refractivity contribution in [2.75, 3.05) is 0 Å². The van der Waals surface area contributed by atoms with Crippen molar-refractivity contribution in [2.24, 2.45) is 23.3 Å². The third-order valence-corrected chi connectivity index (χ3v) is 3.10. The predicted octanol–water partition coefficient (Wildman–Crippen LogP) is 1.02. The first kappa shape index (κ1) is 10.5. The van der Waals surface area contributed by atoms with Gasteiger partial charge in [-0.3, -0.25) is 4.79 Å². The highest BCUT2D eigenvalue weighted by atomic mass is 16.1. The van der Waals surface area contributed by atoms with E-state index in [2.05, 4.69) is 13.8 Å². The van der Waals surface area contributed by atoms with Gasteiger partial charge in [0, 0.05) is 11.5 Å². The molecule has 1 saturated carbocycles. The number of carbonyl (C=O) groups is 1. The summed E-state index contributed by atoms with van der Waals surface area (Å²) in [6, 6.07) is 0. The van der Waals surface area contributed by atoms with Gasteiger partial charge in [-0.05, 0) is 32.1 Å². The first-order valence-corrected chi connectivity index (χ1v) is 5.00. The highest BCUT2D eigenvalue weighted by Gasteiger charge is 2.32. The monoisotopic (exact) mass is 184 g/mol. The molecule has 0 radical (unpaired) electrons. The van der Waals surface area contributed by atoms with Gasteiger partial charge in [0.1, 0.15) is 0 Å². The van der Waals surface area contributed by atoms with Gasteiger partial charge < -0.3 is 11.5 Å². The van der Waals surface area contributed by atoms with Crippen molar-refractivity contribution >= 4 is 5.91 Å². The molecule has 0 aromatic carbocycles. The fraction of sp³-hybridized carbons (Fsp3) is 0.900. The van der Waals surface area contributed by atoms with Crippen LogP contribution in [0, 0.1) is 11.8 Å². The smallest absolute Gasteiger partial charge is 0.220 e. The lowest BCUT2D eigenvalue weighted by Gasteiger charge is -2.26. The second kappa shape index (κ2) is 3.66. The Hall–Kier alpha value is -0.570. The van der Waals surface area contributed by atoms with Gasteiger partial charge in [0.05, 0.1) is 0 Å². The molecule has 0 bridgehead atoms. The van der Waals surface area contributed by atoms with E-state index in [-0.39, 0.29) is 17.4 Å². The number of primary amides is 1. The largest absolute Gasteiger partial charge is 0.369 e. The number of carbonyl (C=O) groups excluding carboxylic acids is 1. The van der Waals surface area contributed by atoms with Gasteiger partial charge in [0.25, 0.3) is 0 Å². The Balaban J connectivity index is 2.68. The summed E-state index contributed by atoms with van der Waals surface area (Å²) < 4.78 is 0. The minimum absolute atomic E-state index is 0.0328. The Morgan fingerprint density at radius 3 is 2.69 bits per heavy atom.